The van der Waals surface area contributed by atoms with Crippen molar-refractivity contribution >= 4 is 33.4 Å². The van der Waals surface area contributed by atoms with Crippen LogP contribution in [0.5, 0.6) is 0 Å². The molecule has 0 bridgehead atoms. The number of nitrogens with one attached hydrogen (secondary N) is 1. The summed E-state index contributed by atoms with van der Waals surface area (Å²) in [6.07, 6.45) is 5.28. The smallest absolute Gasteiger partial charge is 0.273 e. The van der Waals surface area contributed by atoms with Crippen LogP contribution in [0.3, 0.4) is 0 Å². The van der Waals surface area contributed by atoms with Gasteiger partial charge in [0.05, 0.1) is 0 Å². The third-order valence-electron chi connectivity index (χ3n) is 5.65. The molecule has 1 N–H and O–H groups in total. The van der Waals surface area contributed by atoms with Gasteiger partial charge in [-0.2, -0.15) is 0 Å². The molecule has 1 fully saturated rings. The average Bonchev–Trinajstić information content (AvgIpc) is 3.66. The number of amides is 2. The van der Waals surface area contributed by atoms with Crippen molar-refractivity contribution in [3.05, 3.63) is 84.4 Å². The molecule has 0 aliphatic heterocycles. The van der Waals surface area contributed by atoms with Gasteiger partial charge in [-0.25, -0.2) is 0 Å². The molecule has 4 aromatic rings. The van der Waals surface area contributed by atoms with Gasteiger partial charge in [0.15, 0.2) is 0 Å². The van der Waals surface area contributed by atoms with Crippen LogP contribution in [0.1, 0.15) is 33.8 Å². The lowest BCUT2D eigenvalue weighted by Crippen LogP contribution is -2.40. The minimum absolute atomic E-state index is 0.0863. The first-order chi connectivity index (χ1) is 15.2. The second-order valence-corrected chi connectivity index (χ2v) is 7.75. The normalized spacial score (nSPS) is 13.3. The molecule has 0 unspecified atom stereocenters. The molecule has 154 valence electrons. The van der Waals surface area contributed by atoms with Crippen molar-refractivity contribution < 1.29 is 9.59 Å². The lowest BCUT2D eigenvalue weighted by atomic mass is 10.1. The highest BCUT2D eigenvalue weighted by Gasteiger charge is 2.34. The molecule has 0 radical (unpaired) electrons. The van der Waals surface area contributed by atoms with Crippen LogP contribution < -0.4 is 5.32 Å². The first kappa shape index (κ1) is 19.2. The number of aromatic nitrogens is 2. The largest absolute Gasteiger partial charge is 0.349 e. The Labute approximate surface area is 179 Å². The summed E-state index contributed by atoms with van der Waals surface area (Å²) in [4.78, 5) is 36.5. The number of rotatable bonds is 6. The van der Waals surface area contributed by atoms with Crippen LogP contribution in [0.15, 0.2) is 73.1 Å². The van der Waals surface area contributed by atoms with Gasteiger partial charge in [0, 0.05) is 42.3 Å². The van der Waals surface area contributed by atoms with Crippen molar-refractivity contribution in [3.8, 4) is 0 Å². The molecule has 5 rings (SSSR count). The maximum Gasteiger partial charge on any atom is 0.273 e. The van der Waals surface area contributed by atoms with Crippen molar-refractivity contribution in [1.82, 2.24) is 20.2 Å². The fourth-order valence-corrected chi connectivity index (χ4v) is 3.94. The minimum Gasteiger partial charge on any atom is -0.349 e. The number of benzene rings is 2. The molecule has 2 amide bonds. The van der Waals surface area contributed by atoms with E-state index in [1.165, 1.54) is 0 Å². The van der Waals surface area contributed by atoms with Gasteiger partial charge >= 0.3 is 0 Å². The van der Waals surface area contributed by atoms with Gasteiger partial charge in [-0.3, -0.25) is 19.6 Å². The van der Waals surface area contributed by atoms with E-state index in [2.05, 4.69) is 15.3 Å². The average molecular weight is 410 g/mol. The van der Waals surface area contributed by atoms with E-state index in [0.717, 1.165) is 34.4 Å². The van der Waals surface area contributed by atoms with Crippen LogP contribution in [-0.2, 0) is 0 Å². The van der Waals surface area contributed by atoms with Crippen molar-refractivity contribution in [2.24, 2.45) is 0 Å². The SMILES string of the molecule is O=C(NCCN(C(=O)c1nccc2ccccc12)C1CC1)c1nccc2ccccc12. The van der Waals surface area contributed by atoms with Crippen molar-refractivity contribution in [1.29, 1.82) is 0 Å². The van der Waals surface area contributed by atoms with Gasteiger partial charge in [-0.05, 0) is 35.7 Å². The molecule has 1 aliphatic carbocycles. The van der Waals surface area contributed by atoms with Gasteiger partial charge in [-0.15, -0.1) is 0 Å². The maximum atomic E-state index is 13.3. The Morgan fingerprint density at radius 1 is 0.839 bits per heavy atom. The van der Waals surface area contributed by atoms with Crippen molar-refractivity contribution in [3.63, 3.8) is 0 Å². The summed E-state index contributed by atoms with van der Waals surface area (Å²) in [5.41, 5.74) is 0.866. The second kappa shape index (κ2) is 8.14. The van der Waals surface area contributed by atoms with E-state index in [1.807, 2.05) is 65.6 Å². The highest BCUT2D eigenvalue weighted by Crippen LogP contribution is 2.29. The van der Waals surface area contributed by atoms with Crippen LogP contribution in [0.4, 0.5) is 0 Å². The van der Waals surface area contributed by atoms with E-state index in [0.29, 0.717) is 24.5 Å². The number of nitrogens with zero attached hydrogens (tertiary/aromatic N) is 3. The molecule has 0 atom stereocenters. The number of pyridine rings is 2. The van der Waals surface area contributed by atoms with Gasteiger partial charge in [-0.1, -0.05) is 48.5 Å². The monoisotopic (exact) mass is 410 g/mol. The van der Waals surface area contributed by atoms with Crippen LogP contribution in [0, 0.1) is 0 Å². The number of fused-ring (bicyclic) bond motifs is 2. The Bertz CT molecular complexity index is 1270. The maximum absolute atomic E-state index is 13.3. The summed E-state index contributed by atoms with van der Waals surface area (Å²) in [6.45, 7) is 0.793. The topological polar surface area (TPSA) is 75.2 Å². The lowest BCUT2D eigenvalue weighted by molar-refractivity contribution is 0.0732. The molecular weight excluding hydrogens is 388 g/mol. The summed E-state index contributed by atoms with van der Waals surface area (Å²) >= 11 is 0. The minimum atomic E-state index is -0.233. The van der Waals surface area contributed by atoms with Crippen LogP contribution in [0.25, 0.3) is 21.5 Å². The summed E-state index contributed by atoms with van der Waals surface area (Å²) in [5.74, 6) is -0.319. The van der Waals surface area contributed by atoms with E-state index in [1.54, 1.807) is 12.4 Å². The van der Waals surface area contributed by atoms with E-state index in [-0.39, 0.29) is 17.9 Å². The zero-order valence-electron chi connectivity index (χ0n) is 17.0. The first-order valence-corrected chi connectivity index (χ1v) is 10.5. The van der Waals surface area contributed by atoms with E-state index >= 15 is 0 Å². The highest BCUT2D eigenvalue weighted by molar-refractivity contribution is 6.06. The zero-order chi connectivity index (χ0) is 21.2. The fraction of sp³-hybridized carbons (Fsp3) is 0.200. The van der Waals surface area contributed by atoms with Crippen molar-refractivity contribution in [2.75, 3.05) is 13.1 Å². The van der Waals surface area contributed by atoms with Crippen LogP contribution in [-0.4, -0.2) is 45.8 Å². The molecule has 2 heterocycles. The predicted molar refractivity (Wildman–Crippen MR) is 120 cm³/mol. The molecule has 0 spiro atoms. The molecule has 1 saturated carbocycles. The van der Waals surface area contributed by atoms with Gasteiger partial charge < -0.3 is 10.2 Å². The molecular formula is C25H22N4O2. The molecule has 1 aliphatic rings. The number of hydrogen-bond donors (Lipinski definition) is 1. The third kappa shape index (κ3) is 3.84. The predicted octanol–water partition coefficient (Wildman–Crippen LogP) is 3.82. The molecule has 2 aromatic heterocycles. The number of carbonyl (C=O) groups excluding carboxylic acids is 2. The standard InChI is InChI=1S/C25H22N4O2/c30-24(22-20-7-3-1-5-17(20)11-13-26-22)28-15-16-29(19-9-10-19)25(31)23-21-8-4-2-6-18(21)12-14-27-23/h1-8,11-14,19H,9-10,15-16H2,(H,28,30). The van der Waals surface area contributed by atoms with Crippen LogP contribution >= 0.6 is 0 Å². The Balaban J connectivity index is 1.31. The first-order valence-electron chi connectivity index (χ1n) is 10.5. The number of hydrogen-bond acceptors (Lipinski definition) is 4. The highest BCUT2D eigenvalue weighted by atomic mass is 16.2. The lowest BCUT2D eigenvalue weighted by Gasteiger charge is -2.23. The van der Waals surface area contributed by atoms with Gasteiger partial charge in [0.25, 0.3) is 11.8 Å². The fourth-order valence-electron chi connectivity index (χ4n) is 3.94. The van der Waals surface area contributed by atoms with E-state index in [4.69, 9.17) is 0 Å². The van der Waals surface area contributed by atoms with Crippen molar-refractivity contribution in [2.45, 2.75) is 18.9 Å². The molecule has 6 heteroatoms. The Kier molecular flexibility index (Phi) is 5.04. The summed E-state index contributed by atoms with van der Waals surface area (Å²) in [5, 5.41) is 6.56. The quantitative estimate of drug-likeness (QED) is 0.524. The second-order valence-electron chi connectivity index (χ2n) is 7.75. The Morgan fingerprint density at radius 2 is 1.42 bits per heavy atom. The summed E-state index contributed by atoms with van der Waals surface area (Å²) < 4.78 is 0. The molecule has 6 nitrogen and oxygen atoms in total. The third-order valence-corrected chi connectivity index (χ3v) is 5.65. The Morgan fingerprint density at radius 3 is 2.06 bits per heavy atom. The summed E-state index contributed by atoms with van der Waals surface area (Å²) in [7, 11) is 0. The number of carbonyl (C=O) groups is 2. The molecule has 2 aromatic carbocycles. The van der Waals surface area contributed by atoms with Gasteiger partial charge in [0.1, 0.15) is 11.4 Å². The van der Waals surface area contributed by atoms with E-state index < -0.39 is 0 Å². The van der Waals surface area contributed by atoms with Crippen LogP contribution in [0.2, 0.25) is 0 Å². The van der Waals surface area contributed by atoms with Gasteiger partial charge in [0.2, 0.25) is 0 Å². The summed E-state index contributed by atoms with van der Waals surface area (Å²) in [6, 6.07) is 19.5. The Hall–Kier alpha value is -3.80. The zero-order valence-corrected chi connectivity index (χ0v) is 17.0. The molecule has 31 heavy (non-hydrogen) atoms. The van der Waals surface area contributed by atoms with E-state index in [9.17, 15) is 9.59 Å². The molecule has 0 saturated heterocycles.